The minimum Gasteiger partial charge on any atom is -0.266 e. The van der Waals surface area contributed by atoms with Gasteiger partial charge in [0.25, 0.3) is 5.56 Å². The smallest absolute Gasteiger partial charge is 0.266 e. The molecule has 4 nitrogen and oxygen atoms in total. The highest BCUT2D eigenvalue weighted by molar-refractivity contribution is 9.10. The van der Waals surface area contributed by atoms with E-state index in [-0.39, 0.29) is 5.56 Å². The van der Waals surface area contributed by atoms with Crippen LogP contribution in [0.4, 0.5) is 0 Å². The predicted molar refractivity (Wildman–Crippen MR) is 106 cm³/mol. The maximum atomic E-state index is 12.6. The van der Waals surface area contributed by atoms with Gasteiger partial charge in [-0.1, -0.05) is 62.6 Å². The van der Waals surface area contributed by atoms with Gasteiger partial charge in [0.2, 0.25) is 4.96 Å². The lowest BCUT2D eigenvalue weighted by Gasteiger charge is -1.98. The molecule has 0 N–H and O–H groups in total. The van der Waals surface area contributed by atoms with Crippen molar-refractivity contribution in [3.05, 3.63) is 77.4 Å². The van der Waals surface area contributed by atoms with E-state index in [0.717, 1.165) is 10.0 Å². The van der Waals surface area contributed by atoms with Gasteiger partial charge in [0.1, 0.15) is 0 Å². The Morgan fingerprint density at radius 2 is 1.88 bits per heavy atom. The minimum atomic E-state index is -0.202. The lowest BCUT2D eigenvalue weighted by atomic mass is 10.2. The molecule has 0 fully saturated rings. The van der Waals surface area contributed by atoms with Crippen LogP contribution in [0.3, 0.4) is 0 Å². The third kappa shape index (κ3) is 3.22. The average Bonchev–Trinajstić information content (AvgIpc) is 3.10. The van der Waals surface area contributed by atoms with E-state index in [1.165, 1.54) is 15.9 Å². The van der Waals surface area contributed by atoms with Gasteiger partial charge in [0.05, 0.1) is 9.55 Å². The summed E-state index contributed by atoms with van der Waals surface area (Å²) in [6, 6.07) is 12.8. The summed E-state index contributed by atoms with van der Waals surface area (Å²) in [5.41, 5.74) is 1.37. The first-order valence-electron chi connectivity index (χ1n) is 7.13. The van der Waals surface area contributed by atoms with Crippen molar-refractivity contribution in [1.29, 1.82) is 0 Å². The van der Waals surface area contributed by atoms with Crippen LogP contribution in [0.25, 0.3) is 22.4 Å². The Kier molecular flexibility index (Phi) is 4.37. The highest BCUT2D eigenvalue weighted by Gasteiger charge is 2.14. The number of nitrogens with zero attached hydrogens (tertiary/aromatic N) is 3. The van der Waals surface area contributed by atoms with Gasteiger partial charge in [-0.2, -0.15) is 9.50 Å². The van der Waals surface area contributed by atoms with Crippen molar-refractivity contribution < 1.29 is 0 Å². The summed E-state index contributed by atoms with van der Waals surface area (Å²) in [6.07, 6.45) is 1.82. The molecule has 0 amide bonds. The van der Waals surface area contributed by atoms with Crippen molar-refractivity contribution in [1.82, 2.24) is 14.6 Å². The van der Waals surface area contributed by atoms with E-state index >= 15 is 0 Å². The first-order valence-corrected chi connectivity index (χ1v) is 9.50. The molecule has 0 saturated heterocycles. The molecule has 8 heteroatoms. The molecular formula is C17H8BrCl2N3OS. The Hall–Kier alpha value is -1.73. The molecule has 0 aliphatic heterocycles. The number of benzene rings is 2. The third-order valence-corrected chi connectivity index (χ3v) is 5.56. The summed E-state index contributed by atoms with van der Waals surface area (Å²) < 4.78 is 2.86. The van der Waals surface area contributed by atoms with Crippen LogP contribution in [0.15, 0.2) is 51.7 Å². The predicted octanol–water partition coefficient (Wildman–Crippen LogP) is 4.44. The van der Waals surface area contributed by atoms with Crippen molar-refractivity contribution in [2.24, 2.45) is 0 Å². The standard InChI is InChI=1S/C17H8BrCl2N3OS/c18-10-3-1-9(2-4-10)7-14-16(24)23-17(25-14)21-15(22-23)12-6-5-11(19)8-13(12)20/h1-8H. The zero-order valence-electron chi connectivity index (χ0n) is 12.4. The van der Waals surface area contributed by atoms with E-state index in [0.29, 0.717) is 30.9 Å². The van der Waals surface area contributed by atoms with Crippen molar-refractivity contribution in [3.8, 4) is 11.4 Å². The molecule has 124 valence electrons. The number of aromatic nitrogens is 3. The second-order valence-electron chi connectivity index (χ2n) is 5.22. The number of hydrogen-bond donors (Lipinski definition) is 0. The van der Waals surface area contributed by atoms with Gasteiger partial charge in [-0.05, 0) is 42.0 Å². The molecule has 0 saturated carbocycles. The van der Waals surface area contributed by atoms with E-state index in [9.17, 15) is 4.79 Å². The second-order valence-corrected chi connectivity index (χ2v) is 7.99. The van der Waals surface area contributed by atoms with Crippen LogP contribution in [0.5, 0.6) is 0 Å². The molecule has 2 heterocycles. The van der Waals surface area contributed by atoms with Crippen LogP contribution in [0.1, 0.15) is 5.56 Å². The fourth-order valence-electron chi connectivity index (χ4n) is 2.33. The van der Waals surface area contributed by atoms with Gasteiger partial charge in [0.15, 0.2) is 5.82 Å². The highest BCUT2D eigenvalue weighted by Crippen LogP contribution is 2.28. The summed E-state index contributed by atoms with van der Waals surface area (Å²) in [7, 11) is 0. The van der Waals surface area contributed by atoms with Gasteiger partial charge in [-0.25, -0.2) is 0 Å². The second kappa shape index (κ2) is 6.53. The number of halogens is 3. The Morgan fingerprint density at radius 3 is 2.56 bits per heavy atom. The summed E-state index contributed by atoms with van der Waals surface area (Å²) in [5, 5.41) is 5.28. The first kappa shape index (κ1) is 16.7. The Morgan fingerprint density at radius 1 is 1.12 bits per heavy atom. The van der Waals surface area contributed by atoms with Crippen LogP contribution in [0.2, 0.25) is 10.0 Å². The van der Waals surface area contributed by atoms with Crippen LogP contribution in [0, 0.1) is 0 Å². The SMILES string of the molecule is O=c1c(=Cc2ccc(Br)cc2)sc2nc(-c3ccc(Cl)cc3Cl)nn12. The number of rotatable bonds is 2. The molecule has 0 radical (unpaired) electrons. The maximum absolute atomic E-state index is 12.6. The molecule has 0 bridgehead atoms. The lowest BCUT2D eigenvalue weighted by molar-refractivity contribution is 0.937. The normalized spacial score (nSPS) is 12.2. The molecule has 0 spiro atoms. The molecule has 0 aliphatic carbocycles. The van der Waals surface area contributed by atoms with Gasteiger partial charge >= 0.3 is 0 Å². The fourth-order valence-corrected chi connectivity index (χ4v) is 3.99. The van der Waals surface area contributed by atoms with Crippen molar-refractivity contribution in [3.63, 3.8) is 0 Å². The Bertz CT molecular complexity index is 1200. The van der Waals surface area contributed by atoms with E-state index in [1.54, 1.807) is 18.2 Å². The average molecular weight is 453 g/mol. The fraction of sp³-hybridized carbons (Fsp3) is 0. The van der Waals surface area contributed by atoms with Crippen LogP contribution >= 0.6 is 50.5 Å². The molecule has 4 aromatic rings. The molecule has 25 heavy (non-hydrogen) atoms. The van der Waals surface area contributed by atoms with E-state index < -0.39 is 0 Å². The molecule has 2 aromatic heterocycles. The van der Waals surface area contributed by atoms with Gasteiger partial charge in [0, 0.05) is 15.1 Å². The van der Waals surface area contributed by atoms with Crippen molar-refractivity contribution in [2.45, 2.75) is 0 Å². The highest BCUT2D eigenvalue weighted by atomic mass is 79.9. The van der Waals surface area contributed by atoms with E-state index in [2.05, 4.69) is 26.0 Å². The summed E-state index contributed by atoms with van der Waals surface area (Å²) in [5.74, 6) is 0.403. The van der Waals surface area contributed by atoms with Gasteiger partial charge < -0.3 is 0 Å². The van der Waals surface area contributed by atoms with Crippen LogP contribution < -0.4 is 10.1 Å². The van der Waals surface area contributed by atoms with Gasteiger partial charge in [-0.15, -0.1) is 5.10 Å². The van der Waals surface area contributed by atoms with Crippen LogP contribution in [-0.4, -0.2) is 14.6 Å². The number of fused-ring (bicyclic) bond motifs is 1. The molecule has 4 rings (SSSR count). The molecular weight excluding hydrogens is 445 g/mol. The molecule has 0 atom stereocenters. The van der Waals surface area contributed by atoms with E-state index in [1.807, 2.05) is 30.3 Å². The summed E-state index contributed by atoms with van der Waals surface area (Å²) >= 11 is 16.8. The summed E-state index contributed by atoms with van der Waals surface area (Å²) in [6.45, 7) is 0. The maximum Gasteiger partial charge on any atom is 0.291 e. The number of thiazole rings is 1. The topological polar surface area (TPSA) is 47.3 Å². The minimum absolute atomic E-state index is 0.202. The monoisotopic (exact) mass is 451 g/mol. The van der Waals surface area contributed by atoms with Crippen molar-refractivity contribution in [2.75, 3.05) is 0 Å². The van der Waals surface area contributed by atoms with Gasteiger partial charge in [-0.3, -0.25) is 4.79 Å². The Balaban J connectivity index is 1.82. The quantitative estimate of drug-likeness (QED) is 0.451. The summed E-state index contributed by atoms with van der Waals surface area (Å²) in [4.78, 5) is 17.5. The molecule has 2 aromatic carbocycles. The van der Waals surface area contributed by atoms with E-state index in [4.69, 9.17) is 23.2 Å². The lowest BCUT2D eigenvalue weighted by Crippen LogP contribution is -2.23. The third-order valence-electron chi connectivity index (χ3n) is 3.52. The van der Waals surface area contributed by atoms with Crippen LogP contribution in [-0.2, 0) is 0 Å². The first-order chi connectivity index (χ1) is 12.0. The zero-order valence-corrected chi connectivity index (χ0v) is 16.3. The zero-order chi connectivity index (χ0) is 17.6. The largest absolute Gasteiger partial charge is 0.291 e. The number of hydrogen-bond acceptors (Lipinski definition) is 4. The molecule has 0 aliphatic rings. The molecule has 0 unspecified atom stereocenters. The van der Waals surface area contributed by atoms with Crippen molar-refractivity contribution >= 4 is 61.5 Å². The Labute approximate surface area is 164 Å².